The van der Waals surface area contributed by atoms with Crippen molar-refractivity contribution in [2.75, 3.05) is 18.0 Å². The van der Waals surface area contributed by atoms with Gasteiger partial charge in [0.1, 0.15) is 11.0 Å². The van der Waals surface area contributed by atoms with Crippen LogP contribution in [0, 0.1) is 20.8 Å². The summed E-state index contributed by atoms with van der Waals surface area (Å²) in [7, 11) is 0. The number of benzene rings is 1. The van der Waals surface area contributed by atoms with Crippen molar-refractivity contribution in [2.45, 2.75) is 33.6 Å². The van der Waals surface area contributed by atoms with Crippen molar-refractivity contribution in [2.24, 2.45) is 0 Å². The van der Waals surface area contributed by atoms with E-state index in [1.165, 1.54) is 24.0 Å². The van der Waals surface area contributed by atoms with Gasteiger partial charge in [0, 0.05) is 19.2 Å². The predicted molar refractivity (Wildman–Crippen MR) is 111 cm³/mol. The predicted octanol–water partition coefficient (Wildman–Crippen LogP) is 4.77. The molecule has 138 valence electrons. The topological polar surface area (TPSA) is 54.8 Å². The number of halogens is 1. The number of nitrogens with zero attached hydrogens (tertiary/aromatic N) is 5. The van der Waals surface area contributed by atoms with Gasteiger partial charge in [-0.25, -0.2) is 19.9 Å². The van der Waals surface area contributed by atoms with Crippen LogP contribution in [-0.4, -0.2) is 33.0 Å². The first-order valence-electron chi connectivity index (χ1n) is 9.23. The Labute approximate surface area is 164 Å². The van der Waals surface area contributed by atoms with E-state index >= 15 is 0 Å². The van der Waals surface area contributed by atoms with Crippen molar-refractivity contribution in [3.63, 3.8) is 0 Å². The SMILES string of the molecule is Cc1cc2nc(C)c(C=Cc3nc(Cl)cc(N4CCCC4)n3)nc2cc1C. The van der Waals surface area contributed by atoms with Crippen LogP contribution in [0.5, 0.6) is 0 Å². The third kappa shape index (κ3) is 3.78. The summed E-state index contributed by atoms with van der Waals surface area (Å²) in [6.07, 6.45) is 6.15. The molecular formula is C21H22ClN5. The maximum absolute atomic E-state index is 6.21. The van der Waals surface area contributed by atoms with Crippen LogP contribution in [0.25, 0.3) is 23.2 Å². The smallest absolute Gasteiger partial charge is 0.156 e. The standard InChI is InChI=1S/C21H22ClN5/c1-13-10-17-18(11-14(13)2)24-16(15(3)23-17)6-7-20-25-19(22)12-21(26-20)27-8-4-5-9-27/h6-7,10-12H,4-5,8-9H2,1-3H3. The average molecular weight is 380 g/mol. The molecule has 1 aliphatic rings. The molecule has 1 saturated heterocycles. The van der Waals surface area contributed by atoms with Gasteiger partial charge in [0.2, 0.25) is 0 Å². The fourth-order valence-electron chi connectivity index (χ4n) is 3.33. The lowest BCUT2D eigenvalue weighted by Gasteiger charge is -2.16. The molecule has 27 heavy (non-hydrogen) atoms. The van der Waals surface area contributed by atoms with E-state index in [1.54, 1.807) is 0 Å². The van der Waals surface area contributed by atoms with Crippen molar-refractivity contribution in [1.29, 1.82) is 0 Å². The van der Waals surface area contributed by atoms with Crippen LogP contribution >= 0.6 is 11.6 Å². The van der Waals surface area contributed by atoms with Crippen molar-refractivity contribution >= 4 is 40.6 Å². The molecule has 6 heteroatoms. The van der Waals surface area contributed by atoms with E-state index in [0.717, 1.165) is 41.3 Å². The molecule has 0 amide bonds. The number of hydrogen-bond acceptors (Lipinski definition) is 5. The number of rotatable bonds is 3. The van der Waals surface area contributed by atoms with Crippen LogP contribution in [0.1, 0.15) is 41.2 Å². The van der Waals surface area contributed by atoms with Crippen LogP contribution in [0.4, 0.5) is 5.82 Å². The largest absolute Gasteiger partial charge is 0.356 e. The highest BCUT2D eigenvalue weighted by Gasteiger charge is 2.15. The Morgan fingerprint density at radius 2 is 1.52 bits per heavy atom. The quantitative estimate of drug-likeness (QED) is 0.613. The van der Waals surface area contributed by atoms with E-state index in [0.29, 0.717) is 11.0 Å². The third-order valence-corrected chi connectivity index (χ3v) is 5.20. The number of anilines is 1. The first-order valence-corrected chi connectivity index (χ1v) is 9.60. The Morgan fingerprint density at radius 1 is 0.852 bits per heavy atom. The van der Waals surface area contributed by atoms with Gasteiger partial charge in [0.05, 0.1) is 22.4 Å². The zero-order chi connectivity index (χ0) is 19.0. The normalized spacial score (nSPS) is 14.6. The Morgan fingerprint density at radius 3 is 2.22 bits per heavy atom. The van der Waals surface area contributed by atoms with Crippen LogP contribution in [0.3, 0.4) is 0 Å². The van der Waals surface area contributed by atoms with Crippen LogP contribution in [-0.2, 0) is 0 Å². The van der Waals surface area contributed by atoms with Crippen LogP contribution in [0.15, 0.2) is 18.2 Å². The van der Waals surface area contributed by atoms with E-state index in [1.807, 2.05) is 25.1 Å². The summed E-state index contributed by atoms with van der Waals surface area (Å²) in [4.78, 5) is 20.7. The van der Waals surface area contributed by atoms with Gasteiger partial charge in [-0.2, -0.15) is 0 Å². The zero-order valence-corrected chi connectivity index (χ0v) is 16.6. The van der Waals surface area contributed by atoms with Gasteiger partial charge in [-0.05, 0) is 69.0 Å². The summed E-state index contributed by atoms with van der Waals surface area (Å²) in [5.41, 5.74) is 5.95. The molecule has 0 atom stereocenters. The molecular weight excluding hydrogens is 358 g/mol. The minimum atomic E-state index is 0.457. The second kappa shape index (κ2) is 7.24. The molecule has 0 N–H and O–H groups in total. The Bertz CT molecular complexity index is 1040. The first-order chi connectivity index (χ1) is 13.0. The van der Waals surface area contributed by atoms with Gasteiger partial charge < -0.3 is 4.90 Å². The van der Waals surface area contributed by atoms with Crippen molar-refractivity contribution in [3.8, 4) is 0 Å². The summed E-state index contributed by atoms with van der Waals surface area (Å²) in [6.45, 7) is 8.18. The van der Waals surface area contributed by atoms with Gasteiger partial charge in [-0.1, -0.05) is 11.6 Å². The highest BCUT2D eigenvalue weighted by molar-refractivity contribution is 6.29. The van der Waals surface area contributed by atoms with Crippen molar-refractivity contribution in [3.05, 3.63) is 51.7 Å². The lowest BCUT2D eigenvalue weighted by molar-refractivity contribution is 0.923. The maximum atomic E-state index is 6.21. The number of aromatic nitrogens is 4. The minimum absolute atomic E-state index is 0.457. The molecule has 3 heterocycles. The molecule has 1 fully saturated rings. The lowest BCUT2D eigenvalue weighted by Crippen LogP contribution is -2.19. The van der Waals surface area contributed by atoms with Gasteiger partial charge in [0.25, 0.3) is 0 Å². The maximum Gasteiger partial charge on any atom is 0.156 e. The molecule has 2 aromatic heterocycles. The minimum Gasteiger partial charge on any atom is -0.356 e. The Kier molecular flexibility index (Phi) is 4.79. The second-order valence-corrected chi connectivity index (χ2v) is 7.44. The van der Waals surface area contributed by atoms with Gasteiger partial charge in [0.15, 0.2) is 5.82 Å². The Balaban J connectivity index is 1.68. The molecule has 1 aliphatic heterocycles. The molecule has 1 aromatic carbocycles. The van der Waals surface area contributed by atoms with Crippen molar-refractivity contribution < 1.29 is 0 Å². The molecule has 0 saturated carbocycles. The third-order valence-electron chi connectivity index (χ3n) is 5.01. The second-order valence-electron chi connectivity index (χ2n) is 7.05. The summed E-state index contributed by atoms with van der Waals surface area (Å²) in [6, 6.07) is 5.99. The van der Waals surface area contributed by atoms with E-state index in [2.05, 4.69) is 40.8 Å². The van der Waals surface area contributed by atoms with Crippen molar-refractivity contribution in [1.82, 2.24) is 19.9 Å². The van der Waals surface area contributed by atoms with Gasteiger partial charge in [-0.15, -0.1) is 0 Å². The van der Waals surface area contributed by atoms with E-state index in [4.69, 9.17) is 21.6 Å². The highest BCUT2D eigenvalue weighted by atomic mass is 35.5. The monoisotopic (exact) mass is 379 g/mol. The summed E-state index contributed by atoms with van der Waals surface area (Å²) in [5, 5.41) is 0.457. The first kappa shape index (κ1) is 17.9. The lowest BCUT2D eigenvalue weighted by atomic mass is 10.1. The molecule has 0 unspecified atom stereocenters. The van der Waals surface area contributed by atoms with Gasteiger partial charge >= 0.3 is 0 Å². The number of fused-ring (bicyclic) bond motifs is 1. The molecule has 3 aromatic rings. The number of aryl methyl sites for hydroxylation is 3. The Hall–Kier alpha value is -2.53. The molecule has 5 nitrogen and oxygen atoms in total. The fraction of sp³-hybridized carbons (Fsp3) is 0.333. The fourth-order valence-corrected chi connectivity index (χ4v) is 3.51. The van der Waals surface area contributed by atoms with Crippen LogP contribution < -0.4 is 4.90 Å². The zero-order valence-electron chi connectivity index (χ0n) is 15.8. The molecule has 0 aliphatic carbocycles. The van der Waals surface area contributed by atoms with E-state index < -0.39 is 0 Å². The van der Waals surface area contributed by atoms with E-state index in [9.17, 15) is 0 Å². The van der Waals surface area contributed by atoms with Gasteiger partial charge in [-0.3, -0.25) is 0 Å². The average Bonchev–Trinajstić information content (AvgIpc) is 3.16. The summed E-state index contributed by atoms with van der Waals surface area (Å²) >= 11 is 6.21. The summed E-state index contributed by atoms with van der Waals surface area (Å²) < 4.78 is 0. The molecule has 0 bridgehead atoms. The molecule has 4 rings (SSSR count). The number of hydrogen-bond donors (Lipinski definition) is 0. The highest BCUT2D eigenvalue weighted by Crippen LogP contribution is 2.22. The van der Waals surface area contributed by atoms with E-state index in [-0.39, 0.29) is 0 Å². The molecule has 0 radical (unpaired) electrons. The van der Waals surface area contributed by atoms with Crippen LogP contribution in [0.2, 0.25) is 5.15 Å². The molecule has 0 spiro atoms. The summed E-state index contributed by atoms with van der Waals surface area (Å²) in [5.74, 6) is 1.48.